The lowest BCUT2D eigenvalue weighted by atomic mass is 10.1. The van der Waals surface area contributed by atoms with Gasteiger partial charge in [0.25, 0.3) is 0 Å². The van der Waals surface area contributed by atoms with Gasteiger partial charge in [-0.15, -0.1) is 0 Å². The monoisotopic (exact) mass is 286 g/mol. The molecular formula is C14H16Cl2O2. The van der Waals surface area contributed by atoms with Crippen LogP contribution in [0.3, 0.4) is 0 Å². The first-order chi connectivity index (χ1) is 8.60. The molecule has 2 atom stereocenters. The Hall–Kier alpha value is -0.280. The van der Waals surface area contributed by atoms with Gasteiger partial charge in [0.1, 0.15) is 6.10 Å². The van der Waals surface area contributed by atoms with Crippen LogP contribution < -0.4 is 0 Å². The quantitative estimate of drug-likeness (QED) is 0.742. The van der Waals surface area contributed by atoms with Crippen LogP contribution in [0, 0.1) is 0 Å². The van der Waals surface area contributed by atoms with Crippen molar-refractivity contribution in [3.05, 3.63) is 33.8 Å². The van der Waals surface area contributed by atoms with Crippen molar-refractivity contribution in [2.24, 2.45) is 0 Å². The fraction of sp³-hybridized carbons (Fsp3) is 0.571. The van der Waals surface area contributed by atoms with Crippen LogP contribution in [0.4, 0.5) is 0 Å². The largest absolute Gasteiger partial charge is 0.344 e. The molecule has 0 aromatic heterocycles. The first-order valence-electron chi connectivity index (χ1n) is 6.40. The summed E-state index contributed by atoms with van der Waals surface area (Å²) >= 11 is 12.2. The number of hydrogen-bond acceptors (Lipinski definition) is 2. The molecule has 0 bridgehead atoms. The highest BCUT2D eigenvalue weighted by atomic mass is 35.5. The molecule has 2 nitrogen and oxygen atoms in total. The van der Waals surface area contributed by atoms with Gasteiger partial charge in [-0.1, -0.05) is 29.3 Å². The van der Waals surface area contributed by atoms with E-state index in [1.165, 1.54) is 12.8 Å². The maximum atomic E-state index is 6.25. The average Bonchev–Trinajstić information content (AvgIpc) is 2.87. The Bertz CT molecular complexity index is 455. The highest BCUT2D eigenvalue weighted by molar-refractivity contribution is 6.35. The Labute approximate surface area is 117 Å². The van der Waals surface area contributed by atoms with Gasteiger partial charge < -0.3 is 9.47 Å². The third kappa shape index (κ3) is 2.16. The van der Waals surface area contributed by atoms with Crippen LogP contribution in [-0.2, 0) is 9.47 Å². The van der Waals surface area contributed by atoms with E-state index < -0.39 is 0 Å². The summed E-state index contributed by atoms with van der Waals surface area (Å²) in [6, 6.07) is 5.54. The van der Waals surface area contributed by atoms with Crippen LogP contribution in [0.15, 0.2) is 18.2 Å². The lowest BCUT2D eigenvalue weighted by Gasteiger charge is -2.22. The molecule has 2 aliphatic rings. The second-order valence-electron chi connectivity index (χ2n) is 5.15. The Kier molecular flexibility index (Phi) is 3.31. The standard InChI is InChI=1S/C14H16Cl2O2/c1-9-13(11-5-4-10(15)8-12(11)16)18-14(17-9)6-2-3-7-14/h4-5,8-9,13H,2-3,6-7H2,1H3. The molecule has 1 saturated carbocycles. The Morgan fingerprint density at radius 1 is 1.17 bits per heavy atom. The summed E-state index contributed by atoms with van der Waals surface area (Å²) < 4.78 is 12.2. The van der Waals surface area contributed by atoms with Crippen molar-refractivity contribution >= 4 is 23.2 Å². The zero-order valence-electron chi connectivity index (χ0n) is 10.3. The third-order valence-corrected chi connectivity index (χ3v) is 4.37. The minimum atomic E-state index is -0.368. The normalized spacial score (nSPS) is 30.2. The Morgan fingerprint density at radius 3 is 2.56 bits per heavy atom. The summed E-state index contributed by atoms with van der Waals surface area (Å²) in [6.07, 6.45) is 4.26. The third-order valence-electron chi connectivity index (χ3n) is 3.80. The van der Waals surface area contributed by atoms with E-state index in [2.05, 4.69) is 0 Å². The van der Waals surface area contributed by atoms with Gasteiger partial charge in [-0.25, -0.2) is 0 Å². The van der Waals surface area contributed by atoms with Gasteiger partial charge >= 0.3 is 0 Å². The number of halogens is 2. The fourth-order valence-electron chi connectivity index (χ4n) is 2.95. The number of hydrogen-bond donors (Lipinski definition) is 0. The summed E-state index contributed by atoms with van der Waals surface area (Å²) in [5, 5.41) is 1.30. The topological polar surface area (TPSA) is 18.5 Å². The average molecular weight is 287 g/mol. The predicted molar refractivity (Wildman–Crippen MR) is 72.0 cm³/mol. The van der Waals surface area contributed by atoms with E-state index in [0.29, 0.717) is 10.0 Å². The van der Waals surface area contributed by atoms with Gasteiger partial charge in [-0.3, -0.25) is 0 Å². The zero-order valence-corrected chi connectivity index (χ0v) is 11.8. The molecule has 1 aliphatic carbocycles. The molecule has 0 amide bonds. The van der Waals surface area contributed by atoms with E-state index >= 15 is 0 Å². The molecule has 1 aromatic rings. The van der Waals surface area contributed by atoms with Crippen molar-refractivity contribution in [3.63, 3.8) is 0 Å². The minimum Gasteiger partial charge on any atom is -0.344 e. The molecule has 2 unspecified atom stereocenters. The smallest absolute Gasteiger partial charge is 0.169 e. The van der Waals surface area contributed by atoms with E-state index in [-0.39, 0.29) is 18.0 Å². The lowest BCUT2D eigenvalue weighted by molar-refractivity contribution is -0.168. The highest BCUT2D eigenvalue weighted by Gasteiger charge is 2.48. The first kappa shape index (κ1) is 12.7. The van der Waals surface area contributed by atoms with Crippen molar-refractivity contribution < 1.29 is 9.47 Å². The number of benzene rings is 1. The summed E-state index contributed by atoms with van der Waals surface area (Å²) in [5.41, 5.74) is 0.970. The van der Waals surface area contributed by atoms with E-state index in [0.717, 1.165) is 18.4 Å². The molecule has 4 heteroatoms. The molecule has 0 N–H and O–H groups in total. The number of rotatable bonds is 1. The molecule has 1 aromatic carbocycles. The van der Waals surface area contributed by atoms with E-state index in [9.17, 15) is 0 Å². The summed E-state index contributed by atoms with van der Waals surface area (Å²) in [7, 11) is 0. The van der Waals surface area contributed by atoms with Crippen molar-refractivity contribution in [1.82, 2.24) is 0 Å². The second kappa shape index (κ2) is 4.68. The molecule has 1 aliphatic heterocycles. The van der Waals surface area contributed by atoms with Gasteiger partial charge in [0, 0.05) is 28.5 Å². The minimum absolute atomic E-state index is 0.0294. The molecule has 98 valence electrons. The van der Waals surface area contributed by atoms with Crippen LogP contribution >= 0.6 is 23.2 Å². The molecule has 0 radical (unpaired) electrons. The van der Waals surface area contributed by atoms with Crippen LogP contribution in [-0.4, -0.2) is 11.9 Å². The maximum Gasteiger partial charge on any atom is 0.169 e. The van der Waals surface area contributed by atoms with Gasteiger partial charge in [-0.05, 0) is 31.9 Å². The Balaban J connectivity index is 1.88. The van der Waals surface area contributed by atoms with Crippen LogP contribution in [0.1, 0.15) is 44.3 Å². The maximum absolute atomic E-state index is 6.25. The SMILES string of the molecule is CC1OC2(CCCC2)OC1c1ccc(Cl)cc1Cl. The summed E-state index contributed by atoms with van der Waals surface area (Å²) in [6.45, 7) is 2.04. The Morgan fingerprint density at radius 2 is 1.89 bits per heavy atom. The molecule has 1 spiro atoms. The number of ether oxygens (including phenoxy) is 2. The fourth-order valence-corrected chi connectivity index (χ4v) is 3.47. The van der Waals surface area contributed by atoms with Gasteiger partial charge in [0.05, 0.1) is 6.10 Å². The van der Waals surface area contributed by atoms with Crippen molar-refractivity contribution in [1.29, 1.82) is 0 Å². The summed E-state index contributed by atoms with van der Waals surface area (Å²) in [4.78, 5) is 0. The molecular weight excluding hydrogens is 271 g/mol. The van der Waals surface area contributed by atoms with Crippen molar-refractivity contribution in [3.8, 4) is 0 Å². The predicted octanol–water partition coefficient (Wildman–Crippen LogP) is 4.74. The molecule has 1 heterocycles. The van der Waals surface area contributed by atoms with Crippen LogP contribution in [0.25, 0.3) is 0 Å². The lowest BCUT2D eigenvalue weighted by Crippen LogP contribution is -2.25. The molecule has 1 saturated heterocycles. The molecule has 2 fully saturated rings. The molecule has 18 heavy (non-hydrogen) atoms. The van der Waals surface area contributed by atoms with E-state index in [1.54, 1.807) is 6.07 Å². The van der Waals surface area contributed by atoms with Crippen molar-refractivity contribution in [2.45, 2.75) is 50.6 Å². The second-order valence-corrected chi connectivity index (χ2v) is 5.99. The van der Waals surface area contributed by atoms with Crippen LogP contribution in [0.5, 0.6) is 0 Å². The van der Waals surface area contributed by atoms with E-state index in [1.807, 2.05) is 19.1 Å². The van der Waals surface area contributed by atoms with Gasteiger partial charge in [0.15, 0.2) is 5.79 Å². The molecule has 3 rings (SSSR count). The van der Waals surface area contributed by atoms with Crippen LogP contribution in [0.2, 0.25) is 10.0 Å². The highest BCUT2D eigenvalue weighted by Crippen LogP contribution is 2.48. The van der Waals surface area contributed by atoms with Crippen molar-refractivity contribution in [2.75, 3.05) is 0 Å². The van der Waals surface area contributed by atoms with Gasteiger partial charge in [-0.2, -0.15) is 0 Å². The first-order valence-corrected chi connectivity index (χ1v) is 7.16. The summed E-state index contributed by atoms with van der Waals surface area (Å²) in [5.74, 6) is -0.368. The van der Waals surface area contributed by atoms with Gasteiger partial charge in [0.2, 0.25) is 0 Å². The van der Waals surface area contributed by atoms with E-state index in [4.69, 9.17) is 32.7 Å². The zero-order chi connectivity index (χ0) is 12.8.